The number of amides is 1. The van der Waals surface area contributed by atoms with Gasteiger partial charge in [-0.15, -0.1) is 28.1 Å². The van der Waals surface area contributed by atoms with Gasteiger partial charge in [-0.1, -0.05) is 24.8 Å². The third kappa shape index (κ3) is 5.48. The Hall–Kier alpha value is -2.58. The molecule has 8 heteroatoms. The van der Waals surface area contributed by atoms with Crippen molar-refractivity contribution >= 4 is 34.7 Å². The van der Waals surface area contributed by atoms with Crippen LogP contribution in [-0.4, -0.2) is 33.0 Å². The number of aryl methyl sites for hydroxylation is 1. The van der Waals surface area contributed by atoms with Crippen molar-refractivity contribution < 1.29 is 9.53 Å². The Morgan fingerprint density at radius 1 is 1.31 bits per heavy atom. The zero-order valence-corrected chi connectivity index (χ0v) is 18.2. The van der Waals surface area contributed by atoms with Crippen LogP contribution < -0.4 is 10.1 Å². The number of carbonyl (C=O) groups is 1. The monoisotopic (exact) mass is 428 g/mol. The van der Waals surface area contributed by atoms with Crippen LogP contribution in [0.4, 0.5) is 5.69 Å². The number of nitrogens with zero attached hydrogens (tertiary/aromatic N) is 3. The SMILES string of the molecule is C=CCn1c(SCC(=O)Nc2ccc(OCC)cc2)nnc1-c1csc(CC)c1. The molecule has 3 rings (SSSR count). The van der Waals surface area contributed by atoms with Gasteiger partial charge in [-0.3, -0.25) is 9.36 Å². The van der Waals surface area contributed by atoms with Crippen molar-refractivity contribution in [1.29, 1.82) is 0 Å². The summed E-state index contributed by atoms with van der Waals surface area (Å²) in [5, 5.41) is 14.3. The summed E-state index contributed by atoms with van der Waals surface area (Å²) in [6.07, 6.45) is 2.80. The van der Waals surface area contributed by atoms with Gasteiger partial charge in [0.15, 0.2) is 11.0 Å². The van der Waals surface area contributed by atoms with Crippen LogP contribution in [-0.2, 0) is 17.8 Å². The normalized spacial score (nSPS) is 10.7. The Bertz CT molecular complexity index is 963. The molecule has 29 heavy (non-hydrogen) atoms. The third-order valence-corrected chi connectivity index (χ3v) is 6.12. The zero-order chi connectivity index (χ0) is 20.6. The number of thioether (sulfide) groups is 1. The van der Waals surface area contributed by atoms with Crippen molar-refractivity contribution in [3.63, 3.8) is 0 Å². The third-order valence-electron chi connectivity index (χ3n) is 4.07. The highest BCUT2D eigenvalue weighted by molar-refractivity contribution is 7.99. The minimum absolute atomic E-state index is 0.0994. The molecule has 2 heterocycles. The fourth-order valence-corrected chi connectivity index (χ4v) is 4.28. The summed E-state index contributed by atoms with van der Waals surface area (Å²) >= 11 is 3.08. The minimum Gasteiger partial charge on any atom is -0.494 e. The molecule has 152 valence electrons. The Morgan fingerprint density at radius 2 is 2.10 bits per heavy atom. The molecule has 1 N–H and O–H groups in total. The second-order valence-electron chi connectivity index (χ2n) is 6.15. The molecule has 0 aliphatic heterocycles. The number of aromatic nitrogens is 3. The first-order chi connectivity index (χ1) is 14.1. The largest absolute Gasteiger partial charge is 0.494 e. The van der Waals surface area contributed by atoms with E-state index in [1.807, 2.05) is 41.8 Å². The van der Waals surface area contributed by atoms with E-state index in [-0.39, 0.29) is 11.7 Å². The average molecular weight is 429 g/mol. The van der Waals surface area contributed by atoms with E-state index in [2.05, 4.69) is 40.5 Å². The summed E-state index contributed by atoms with van der Waals surface area (Å²) < 4.78 is 7.40. The van der Waals surface area contributed by atoms with E-state index in [4.69, 9.17) is 4.74 Å². The number of benzene rings is 1. The summed E-state index contributed by atoms with van der Waals surface area (Å²) in [6.45, 7) is 9.10. The molecule has 6 nitrogen and oxygen atoms in total. The molecule has 0 saturated carbocycles. The first-order valence-corrected chi connectivity index (χ1v) is 11.3. The van der Waals surface area contributed by atoms with Gasteiger partial charge >= 0.3 is 0 Å². The molecule has 3 aromatic rings. The van der Waals surface area contributed by atoms with Crippen LogP contribution in [0.2, 0.25) is 0 Å². The van der Waals surface area contributed by atoms with Crippen molar-refractivity contribution in [2.75, 3.05) is 17.7 Å². The molecule has 0 aliphatic carbocycles. The van der Waals surface area contributed by atoms with Crippen LogP contribution >= 0.6 is 23.1 Å². The van der Waals surface area contributed by atoms with Crippen molar-refractivity contribution in [2.45, 2.75) is 32.0 Å². The smallest absolute Gasteiger partial charge is 0.234 e. The highest BCUT2D eigenvalue weighted by Gasteiger charge is 2.16. The topological polar surface area (TPSA) is 69.0 Å². The fraction of sp³-hybridized carbons (Fsp3) is 0.286. The molecule has 0 aliphatic rings. The number of allylic oxidation sites excluding steroid dienone is 1. The molecule has 0 unspecified atom stereocenters. The van der Waals surface area contributed by atoms with E-state index in [1.165, 1.54) is 16.6 Å². The molecule has 1 amide bonds. The van der Waals surface area contributed by atoms with Gasteiger partial charge in [0.2, 0.25) is 5.91 Å². The van der Waals surface area contributed by atoms with E-state index in [0.29, 0.717) is 18.3 Å². The molecule has 0 radical (unpaired) electrons. The van der Waals surface area contributed by atoms with Gasteiger partial charge < -0.3 is 10.1 Å². The number of rotatable bonds is 10. The quantitative estimate of drug-likeness (QED) is 0.368. The standard InChI is InChI=1S/C21H24N4O2S2/c1-4-11-25-20(15-12-18(5-2)28-13-15)23-24-21(25)29-14-19(26)22-16-7-9-17(10-8-16)27-6-3/h4,7-10,12-13H,1,5-6,11,14H2,2-3H3,(H,22,26). The van der Waals surface area contributed by atoms with Crippen LogP contribution in [0.1, 0.15) is 18.7 Å². The predicted molar refractivity (Wildman–Crippen MR) is 120 cm³/mol. The first-order valence-electron chi connectivity index (χ1n) is 9.42. The highest BCUT2D eigenvalue weighted by Crippen LogP contribution is 2.28. The maximum atomic E-state index is 12.3. The molecule has 1 aromatic carbocycles. The Morgan fingerprint density at radius 3 is 2.76 bits per heavy atom. The van der Waals surface area contributed by atoms with Crippen LogP contribution in [0.3, 0.4) is 0 Å². The van der Waals surface area contributed by atoms with Gasteiger partial charge in [0.1, 0.15) is 5.75 Å². The van der Waals surface area contributed by atoms with E-state index in [0.717, 1.165) is 29.2 Å². The molecular weight excluding hydrogens is 404 g/mol. The second-order valence-corrected chi connectivity index (χ2v) is 8.09. The molecule has 0 saturated heterocycles. The summed E-state index contributed by atoms with van der Waals surface area (Å²) in [7, 11) is 0. The van der Waals surface area contributed by atoms with Crippen molar-refractivity contribution in [3.05, 3.63) is 53.2 Å². The fourth-order valence-electron chi connectivity index (χ4n) is 2.71. The Kier molecular flexibility index (Phi) is 7.48. The maximum Gasteiger partial charge on any atom is 0.234 e. The lowest BCUT2D eigenvalue weighted by atomic mass is 10.2. The predicted octanol–water partition coefficient (Wildman–Crippen LogP) is 4.88. The van der Waals surface area contributed by atoms with Gasteiger partial charge in [-0.25, -0.2) is 0 Å². The minimum atomic E-state index is -0.0994. The lowest BCUT2D eigenvalue weighted by molar-refractivity contribution is -0.113. The summed E-state index contributed by atoms with van der Waals surface area (Å²) in [4.78, 5) is 13.6. The second kappa shape index (κ2) is 10.3. The van der Waals surface area contributed by atoms with Crippen molar-refractivity contribution in [1.82, 2.24) is 14.8 Å². The zero-order valence-electron chi connectivity index (χ0n) is 16.6. The summed E-state index contributed by atoms with van der Waals surface area (Å²) in [5.74, 6) is 1.73. The van der Waals surface area contributed by atoms with Crippen LogP contribution in [0, 0.1) is 0 Å². The van der Waals surface area contributed by atoms with E-state index in [9.17, 15) is 4.79 Å². The molecule has 2 aromatic heterocycles. The van der Waals surface area contributed by atoms with Crippen molar-refractivity contribution in [3.8, 4) is 17.1 Å². The highest BCUT2D eigenvalue weighted by atomic mass is 32.2. The van der Waals surface area contributed by atoms with Crippen LogP contribution in [0.25, 0.3) is 11.4 Å². The lowest BCUT2D eigenvalue weighted by Crippen LogP contribution is -2.14. The number of hydrogen-bond donors (Lipinski definition) is 1. The van der Waals surface area contributed by atoms with Crippen LogP contribution in [0.5, 0.6) is 5.75 Å². The van der Waals surface area contributed by atoms with Crippen molar-refractivity contribution in [2.24, 2.45) is 0 Å². The maximum absolute atomic E-state index is 12.3. The number of hydrogen-bond acceptors (Lipinski definition) is 6. The summed E-state index contributed by atoms with van der Waals surface area (Å²) in [5.41, 5.74) is 1.78. The van der Waals surface area contributed by atoms with Gasteiger partial charge in [0.05, 0.1) is 12.4 Å². The number of nitrogens with one attached hydrogen (secondary N) is 1. The first kappa shape index (κ1) is 21.1. The van der Waals surface area contributed by atoms with Gasteiger partial charge in [0, 0.05) is 28.1 Å². The Labute approximate surface area is 179 Å². The number of ether oxygens (including phenoxy) is 1. The van der Waals surface area contributed by atoms with E-state index >= 15 is 0 Å². The number of anilines is 1. The van der Waals surface area contributed by atoms with Gasteiger partial charge in [-0.2, -0.15) is 0 Å². The number of carbonyl (C=O) groups excluding carboxylic acids is 1. The molecule has 0 fully saturated rings. The Balaban J connectivity index is 1.65. The summed E-state index contributed by atoms with van der Waals surface area (Å²) in [6, 6.07) is 9.47. The lowest BCUT2D eigenvalue weighted by Gasteiger charge is -2.08. The van der Waals surface area contributed by atoms with Gasteiger partial charge in [-0.05, 0) is 43.7 Å². The molecule has 0 spiro atoms. The average Bonchev–Trinajstić information content (AvgIpc) is 3.35. The van der Waals surface area contributed by atoms with E-state index < -0.39 is 0 Å². The molecule has 0 bridgehead atoms. The van der Waals surface area contributed by atoms with Gasteiger partial charge in [0.25, 0.3) is 0 Å². The number of thiophene rings is 1. The molecular formula is C21H24N4O2S2. The van der Waals surface area contributed by atoms with E-state index in [1.54, 1.807) is 11.3 Å². The van der Waals surface area contributed by atoms with Crippen LogP contribution in [0.15, 0.2) is 53.5 Å². The molecule has 0 atom stereocenters.